The van der Waals surface area contributed by atoms with Crippen molar-refractivity contribution < 1.29 is 19.2 Å². The van der Waals surface area contributed by atoms with E-state index >= 15 is 0 Å². The van der Waals surface area contributed by atoms with Crippen LogP contribution in [0.15, 0.2) is 29.8 Å². The molecule has 0 aliphatic carbocycles. The number of amides is 2. The molecular weight excluding hydrogens is 436 g/mol. The first-order valence-electron chi connectivity index (χ1n) is 9.73. The van der Waals surface area contributed by atoms with Crippen LogP contribution in [-0.2, 0) is 9.63 Å². The van der Waals surface area contributed by atoms with Crippen molar-refractivity contribution in [1.29, 1.82) is 0 Å². The number of piperazine rings is 1. The van der Waals surface area contributed by atoms with Gasteiger partial charge in [0.15, 0.2) is 10.6 Å². The minimum Gasteiger partial charge on any atom is -0.495 e. The van der Waals surface area contributed by atoms with Gasteiger partial charge in [-0.1, -0.05) is 12.1 Å². The van der Waals surface area contributed by atoms with Gasteiger partial charge in [0.2, 0.25) is 11.9 Å². The average molecular weight is 459 g/mol. The summed E-state index contributed by atoms with van der Waals surface area (Å²) >= 11 is 1.35. The Hall–Kier alpha value is -3.71. The number of methoxy groups -OCH3 is 1. The van der Waals surface area contributed by atoms with E-state index in [1.165, 1.54) is 23.5 Å². The van der Waals surface area contributed by atoms with E-state index in [0.717, 1.165) is 0 Å². The first-order chi connectivity index (χ1) is 15.4. The quantitative estimate of drug-likeness (QED) is 0.489. The number of rotatable bonds is 6. The maximum absolute atomic E-state index is 12.4. The molecule has 0 spiro atoms. The van der Waals surface area contributed by atoms with Gasteiger partial charge in [-0.15, -0.1) is 16.4 Å². The minimum atomic E-state index is -0.672. The fourth-order valence-electron chi connectivity index (χ4n) is 3.56. The van der Waals surface area contributed by atoms with Gasteiger partial charge in [0.25, 0.3) is 0 Å². The first kappa shape index (κ1) is 21.5. The number of primary amides is 1. The first-order valence-corrected chi connectivity index (χ1v) is 10.6. The number of nitrogens with one attached hydrogen (secondary N) is 1. The van der Waals surface area contributed by atoms with E-state index in [-0.39, 0.29) is 18.9 Å². The summed E-state index contributed by atoms with van der Waals surface area (Å²) < 4.78 is 5.23. The lowest BCUT2D eigenvalue weighted by Gasteiger charge is -2.40. The van der Waals surface area contributed by atoms with Crippen LogP contribution < -0.4 is 26.4 Å². The Kier molecular flexibility index (Phi) is 6.18. The predicted molar refractivity (Wildman–Crippen MR) is 119 cm³/mol. The van der Waals surface area contributed by atoms with Crippen molar-refractivity contribution >= 4 is 51.1 Å². The van der Waals surface area contributed by atoms with E-state index in [2.05, 4.69) is 20.3 Å². The van der Waals surface area contributed by atoms with Gasteiger partial charge in [0.05, 0.1) is 37.4 Å². The van der Waals surface area contributed by atoms with Gasteiger partial charge in [-0.2, -0.15) is 4.98 Å². The van der Waals surface area contributed by atoms with Gasteiger partial charge in [-0.3, -0.25) is 10.1 Å². The molecule has 4 rings (SSSR count). The number of carbonyl (C=O) groups excluding carboxylic acids is 2. The molecule has 32 heavy (non-hydrogen) atoms. The second-order valence-corrected chi connectivity index (χ2v) is 7.85. The summed E-state index contributed by atoms with van der Waals surface area (Å²) in [5.74, 6) is 0.661. The smallest absolute Gasteiger partial charge is 0.430 e. The third kappa shape index (κ3) is 4.63. The molecule has 1 aromatic carbocycles. The molecule has 13 heteroatoms. The molecule has 0 bridgehead atoms. The number of nitrogens with two attached hydrogens (primary N) is 2. The molecule has 1 aliphatic rings. The zero-order valence-corrected chi connectivity index (χ0v) is 18.0. The van der Waals surface area contributed by atoms with Gasteiger partial charge < -0.3 is 25.9 Å². The summed E-state index contributed by atoms with van der Waals surface area (Å²) in [7, 11) is 1.51. The van der Waals surface area contributed by atoms with Crippen molar-refractivity contribution in [3.8, 4) is 5.75 Å². The highest BCUT2D eigenvalue weighted by molar-refractivity contribution is 7.16. The van der Waals surface area contributed by atoms with Crippen molar-refractivity contribution in [2.75, 3.05) is 42.7 Å². The fraction of sp³-hybridized carbons (Fsp3) is 0.316. The Morgan fingerprint density at radius 2 is 2.09 bits per heavy atom. The summed E-state index contributed by atoms with van der Waals surface area (Å²) in [4.78, 5) is 45.1. The van der Waals surface area contributed by atoms with Crippen LogP contribution in [0.3, 0.4) is 0 Å². The molecular formula is C19H22N8O4S. The van der Waals surface area contributed by atoms with Crippen LogP contribution >= 0.6 is 11.3 Å². The van der Waals surface area contributed by atoms with Crippen LogP contribution in [0.1, 0.15) is 6.42 Å². The van der Waals surface area contributed by atoms with E-state index in [9.17, 15) is 9.59 Å². The highest BCUT2D eigenvalue weighted by atomic mass is 32.1. The predicted octanol–water partition coefficient (Wildman–Crippen LogP) is 1.21. The molecule has 0 radical (unpaired) electrons. The van der Waals surface area contributed by atoms with Crippen molar-refractivity contribution in [3.63, 3.8) is 0 Å². The SMILES string of the molecule is COc1ccccc1NC(=O)ON1CCN(c2nc(N)nc3scnc23)C(CC(N)=O)C1. The summed E-state index contributed by atoms with van der Waals surface area (Å²) in [6.07, 6.45) is -0.641. The van der Waals surface area contributed by atoms with Crippen molar-refractivity contribution in [2.45, 2.75) is 12.5 Å². The van der Waals surface area contributed by atoms with E-state index in [4.69, 9.17) is 21.0 Å². The largest absolute Gasteiger partial charge is 0.495 e. The summed E-state index contributed by atoms with van der Waals surface area (Å²) in [6, 6.07) is 6.59. The molecule has 3 heterocycles. The molecule has 1 aliphatic heterocycles. The Morgan fingerprint density at radius 1 is 1.28 bits per heavy atom. The molecule has 1 fully saturated rings. The number of hydroxylamine groups is 2. The lowest BCUT2D eigenvalue weighted by molar-refractivity contribution is -0.122. The monoisotopic (exact) mass is 458 g/mol. The topological polar surface area (TPSA) is 162 Å². The number of ether oxygens (including phenoxy) is 1. The van der Waals surface area contributed by atoms with Crippen molar-refractivity contribution in [2.24, 2.45) is 5.73 Å². The molecule has 2 aromatic heterocycles. The Morgan fingerprint density at radius 3 is 2.88 bits per heavy atom. The van der Waals surface area contributed by atoms with Crippen LogP contribution in [0.2, 0.25) is 0 Å². The molecule has 1 saturated heterocycles. The Bertz CT molecular complexity index is 1140. The van der Waals surface area contributed by atoms with E-state index in [1.807, 2.05) is 4.90 Å². The van der Waals surface area contributed by atoms with Crippen LogP contribution in [0.25, 0.3) is 10.3 Å². The van der Waals surface area contributed by atoms with Gasteiger partial charge in [-0.05, 0) is 12.1 Å². The highest BCUT2D eigenvalue weighted by Gasteiger charge is 2.33. The Labute approximate surface area is 187 Å². The van der Waals surface area contributed by atoms with Gasteiger partial charge in [-0.25, -0.2) is 14.8 Å². The maximum atomic E-state index is 12.4. The molecule has 3 aromatic rings. The lowest BCUT2D eigenvalue weighted by Crippen LogP contribution is -2.55. The molecule has 2 amide bonds. The average Bonchev–Trinajstić information content (AvgIpc) is 3.22. The van der Waals surface area contributed by atoms with Gasteiger partial charge in [0, 0.05) is 13.0 Å². The number of nitrogens with zero attached hydrogens (tertiary/aromatic N) is 5. The molecule has 1 atom stereocenters. The number of carbonyl (C=O) groups is 2. The number of hydrogen-bond acceptors (Lipinski definition) is 11. The number of thiazole rings is 1. The van der Waals surface area contributed by atoms with Crippen LogP contribution in [0, 0.1) is 0 Å². The minimum absolute atomic E-state index is 0.0313. The Balaban J connectivity index is 1.49. The highest BCUT2D eigenvalue weighted by Crippen LogP contribution is 2.30. The molecule has 0 saturated carbocycles. The third-order valence-corrected chi connectivity index (χ3v) is 5.63. The summed E-state index contributed by atoms with van der Waals surface area (Å²) in [5.41, 5.74) is 14.1. The maximum Gasteiger partial charge on any atom is 0.430 e. The summed E-state index contributed by atoms with van der Waals surface area (Å²) in [5, 5.41) is 4.14. The number of anilines is 3. The number of fused-ring (bicyclic) bond motifs is 1. The molecule has 1 unspecified atom stereocenters. The normalized spacial score (nSPS) is 16.7. The molecule has 5 N–H and O–H groups in total. The number of aromatic nitrogens is 3. The standard InChI is InChI=1S/C19H22N8O4S/c1-30-13-5-3-2-4-12(13)23-19(29)31-26-6-7-27(11(9-26)8-14(20)28)16-15-17(32-10-22-15)25-18(21)24-16/h2-5,10-11H,6-9H2,1H3,(H2,20,28)(H,23,29)(H2,21,24,25). The molecule has 168 valence electrons. The lowest BCUT2D eigenvalue weighted by atomic mass is 10.1. The van der Waals surface area contributed by atoms with Crippen LogP contribution in [0.5, 0.6) is 5.75 Å². The van der Waals surface area contributed by atoms with Gasteiger partial charge >= 0.3 is 6.09 Å². The second kappa shape index (κ2) is 9.20. The zero-order chi connectivity index (χ0) is 22.7. The number of nitrogen functional groups attached to an aromatic ring is 1. The van der Waals surface area contributed by atoms with E-state index in [0.29, 0.717) is 40.7 Å². The van der Waals surface area contributed by atoms with Gasteiger partial charge in [0.1, 0.15) is 11.3 Å². The van der Waals surface area contributed by atoms with Crippen LogP contribution in [-0.4, -0.2) is 64.8 Å². The zero-order valence-electron chi connectivity index (χ0n) is 17.2. The van der Waals surface area contributed by atoms with E-state index in [1.54, 1.807) is 29.8 Å². The van der Waals surface area contributed by atoms with Crippen LogP contribution in [0.4, 0.5) is 22.2 Å². The van der Waals surface area contributed by atoms with E-state index < -0.39 is 18.0 Å². The van der Waals surface area contributed by atoms with Crippen molar-refractivity contribution in [1.82, 2.24) is 20.0 Å². The number of benzene rings is 1. The third-order valence-electron chi connectivity index (χ3n) is 4.91. The number of hydrogen-bond donors (Lipinski definition) is 3. The fourth-order valence-corrected chi connectivity index (χ4v) is 4.22. The number of para-hydroxylation sites is 2. The second-order valence-electron chi connectivity index (χ2n) is 7.02. The summed E-state index contributed by atoms with van der Waals surface area (Å²) in [6.45, 7) is 1.00. The molecule has 12 nitrogen and oxygen atoms in total. The van der Waals surface area contributed by atoms with Crippen molar-refractivity contribution in [3.05, 3.63) is 29.8 Å².